The van der Waals surface area contributed by atoms with Gasteiger partial charge in [-0.1, -0.05) is 66.7 Å². The molecule has 0 fully saturated rings. The van der Waals surface area contributed by atoms with E-state index in [0.29, 0.717) is 6.04 Å². The van der Waals surface area contributed by atoms with Gasteiger partial charge in [0, 0.05) is 12.6 Å². The van der Waals surface area contributed by atoms with E-state index in [0.717, 1.165) is 13.0 Å². The van der Waals surface area contributed by atoms with Crippen LogP contribution >= 0.6 is 12.4 Å². The first-order chi connectivity index (χ1) is 8.90. The Balaban J connectivity index is 0.00000180. The van der Waals surface area contributed by atoms with E-state index in [9.17, 15) is 0 Å². The summed E-state index contributed by atoms with van der Waals surface area (Å²) in [6.45, 7) is 4.60. The second-order valence-corrected chi connectivity index (χ2v) is 4.35. The third kappa shape index (κ3) is 4.90. The van der Waals surface area contributed by atoms with Crippen molar-refractivity contribution >= 4 is 12.4 Å². The summed E-state index contributed by atoms with van der Waals surface area (Å²) in [4.78, 5) is 0. The van der Waals surface area contributed by atoms with Gasteiger partial charge in [0.25, 0.3) is 0 Å². The van der Waals surface area contributed by atoms with Crippen molar-refractivity contribution in [1.82, 2.24) is 5.32 Å². The molecule has 0 saturated carbocycles. The molecule has 100 valence electrons. The average Bonchev–Trinajstić information content (AvgIpc) is 2.45. The summed E-state index contributed by atoms with van der Waals surface area (Å²) in [5.74, 6) is 0. The molecule has 1 N–H and O–H groups in total. The lowest BCUT2D eigenvalue weighted by Gasteiger charge is -2.18. The second kappa shape index (κ2) is 8.52. The van der Waals surface area contributed by atoms with E-state index in [1.54, 1.807) is 0 Å². The highest BCUT2D eigenvalue weighted by atomic mass is 35.5. The number of hydrogen-bond donors (Lipinski definition) is 1. The zero-order valence-corrected chi connectivity index (χ0v) is 11.8. The maximum atomic E-state index is 3.77. The highest BCUT2D eigenvalue weighted by Crippen LogP contribution is 2.18. The zero-order valence-electron chi connectivity index (χ0n) is 11.0. The molecule has 0 bridgehead atoms. The summed E-state index contributed by atoms with van der Waals surface area (Å²) >= 11 is 0. The minimum Gasteiger partial charge on any atom is -0.306 e. The summed E-state index contributed by atoms with van der Waals surface area (Å²) in [6.07, 6.45) is 2.90. The van der Waals surface area contributed by atoms with Gasteiger partial charge >= 0.3 is 0 Å². The molecule has 1 atom stereocenters. The number of rotatable bonds is 6. The van der Waals surface area contributed by atoms with E-state index in [2.05, 4.69) is 72.6 Å². The van der Waals surface area contributed by atoms with Gasteiger partial charge in [-0.2, -0.15) is 0 Å². The smallest absolute Gasteiger partial charge is 0.0363 e. The average molecular weight is 274 g/mol. The normalized spacial score (nSPS) is 11.4. The van der Waals surface area contributed by atoms with Crippen LogP contribution in [0, 0.1) is 0 Å². The van der Waals surface area contributed by atoms with Gasteiger partial charge in [-0.25, -0.2) is 0 Å². The molecule has 0 radical (unpaired) electrons. The van der Waals surface area contributed by atoms with Crippen molar-refractivity contribution in [2.24, 2.45) is 0 Å². The summed E-state index contributed by atoms with van der Waals surface area (Å²) in [7, 11) is 0. The first-order valence-corrected chi connectivity index (χ1v) is 6.33. The minimum absolute atomic E-state index is 0. The molecule has 0 aromatic heterocycles. The molecule has 0 aliphatic rings. The Morgan fingerprint density at radius 3 is 2.11 bits per heavy atom. The van der Waals surface area contributed by atoms with E-state index in [-0.39, 0.29) is 12.4 Å². The fraction of sp³-hybridized carbons (Fsp3) is 0.176. The SMILES string of the molecule is C=CCNC(Cc1ccccc1)c1ccccc1.Cl. The lowest BCUT2D eigenvalue weighted by atomic mass is 9.99. The molecule has 0 aliphatic heterocycles. The number of halogens is 1. The Kier molecular flexibility index (Phi) is 6.94. The highest BCUT2D eigenvalue weighted by Gasteiger charge is 2.10. The van der Waals surface area contributed by atoms with E-state index in [4.69, 9.17) is 0 Å². The largest absolute Gasteiger partial charge is 0.306 e. The van der Waals surface area contributed by atoms with Gasteiger partial charge in [0.2, 0.25) is 0 Å². The fourth-order valence-electron chi connectivity index (χ4n) is 2.07. The predicted octanol–water partition coefficient (Wildman–Crippen LogP) is 4.17. The molecule has 2 rings (SSSR count). The number of nitrogens with one attached hydrogen (secondary N) is 1. The first-order valence-electron chi connectivity index (χ1n) is 6.33. The topological polar surface area (TPSA) is 12.0 Å². The molecule has 19 heavy (non-hydrogen) atoms. The quantitative estimate of drug-likeness (QED) is 0.779. The maximum absolute atomic E-state index is 3.77. The zero-order chi connectivity index (χ0) is 12.6. The van der Waals surface area contributed by atoms with Crippen molar-refractivity contribution in [3.63, 3.8) is 0 Å². The molecule has 0 saturated heterocycles. The van der Waals surface area contributed by atoms with Crippen LogP contribution in [0.1, 0.15) is 17.2 Å². The Morgan fingerprint density at radius 1 is 0.947 bits per heavy atom. The molecule has 2 aromatic rings. The van der Waals surface area contributed by atoms with Crippen LogP contribution in [0.4, 0.5) is 0 Å². The summed E-state index contributed by atoms with van der Waals surface area (Å²) in [6, 6.07) is 21.5. The predicted molar refractivity (Wildman–Crippen MR) is 84.8 cm³/mol. The van der Waals surface area contributed by atoms with Gasteiger partial charge in [-0.15, -0.1) is 19.0 Å². The standard InChI is InChI=1S/C17H19N.ClH/c1-2-13-18-17(16-11-7-4-8-12-16)14-15-9-5-3-6-10-15;/h2-12,17-18H,1,13-14H2;1H. The van der Waals surface area contributed by atoms with Crippen LogP contribution in [-0.2, 0) is 6.42 Å². The molecule has 1 nitrogen and oxygen atoms in total. The molecular weight excluding hydrogens is 254 g/mol. The van der Waals surface area contributed by atoms with Gasteiger partial charge in [0.05, 0.1) is 0 Å². The molecule has 0 heterocycles. The Labute approximate surface area is 121 Å². The lowest BCUT2D eigenvalue weighted by molar-refractivity contribution is 0.565. The number of benzene rings is 2. The van der Waals surface area contributed by atoms with Crippen molar-refractivity contribution in [2.45, 2.75) is 12.5 Å². The van der Waals surface area contributed by atoms with Crippen molar-refractivity contribution in [2.75, 3.05) is 6.54 Å². The Bertz CT molecular complexity index is 467. The highest BCUT2D eigenvalue weighted by molar-refractivity contribution is 5.85. The van der Waals surface area contributed by atoms with Crippen LogP contribution in [0.5, 0.6) is 0 Å². The van der Waals surface area contributed by atoms with Gasteiger partial charge in [0.15, 0.2) is 0 Å². The fourth-order valence-corrected chi connectivity index (χ4v) is 2.07. The maximum Gasteiger partial charge on any atom is 0.0363 e. The summed E-state index contributed by atoms with van der Waals surface area (Å²) < 4.78 is 0. The molecule has 0 spiro atoms. The van der Waals surface area contributed by atoms with Crippen LogP contribution in [0.15, 0.2) is 73.3 Å². The van der Waals surface area contributed by atoms with Crippen LogP contribution < -0.4 is 5.32 Å². The summed E-state index contributed by atoms with van der Waals surface area (Å²) in [5, 5.41) is 3.52. The third-order valence-electron chi connectivity index (χ3n) is 2.99. The summed E-state index contributed by atoms with van der Waals surface area (Å²) in [5.41, 5.74) is 2.67. The molecule has 0 aliphatic carbocycles. The van der Waals surface area contributed by atoms with Crippen molar-refractivity contribution < 1.29 is 0 Å². The number of hydrogen-bond acceptors (Lipinski definition) is 1. The van der Waals surface area contributed by atoms with E-state index in [1.165, 1.54) is 11.1 Å². The van der Waals surface area contributed by atoms with E-state index < -0.39 is 0 Å². The minimum atomic E-state index is 0. The van der Waals surface area contributed by atoms with Crippen molar-refractivity contribution in [3.05, 3.63) is 84.4 Å². The van der Waals surface area contributed by atoms with Gasteiger partial charge in [0.1, 0.15) is 0 Å². The molecule has 1 unspecified atom stereocenters. The monoisotopic (exact) mass is 273 g/mol. The van der Waals surface area contributed by atoms with Crippen LogP contribution in [0.2, 0.25) is 0 Å². The lowest BCUT2D eigenvalue weighted by Crippen LogP contribution is -2.23. The Hall–Kier alpha value is -1.57. The molecule has 2 heteroatoms. The van der Waals surface area contributed by atoms with Crippen LogP contribution in [0.25, 0.3) is 0 Å². The van der Waals surface area contributed by atoms with Gasteiger partial charge in [-0.05, 0) is 17.5 Å². The van der Waals surface area contributed by atoms with Crippen molar-refractivity contribution in [3.8, 4) is 0 Å². The van der Waals surface area contributed by atoms with Crippen molar-refractivity contribution in [1.29, 1.82) is 0 Å². The van der Waals surface area contributed by atoms with E-state index in [1.807, 2.05) is 6.08 Å². The third-order valence-corrected chi connectivity index (χ3v) is 2.99. The molecule has 0 amide bonds. The Morgan fingerprint density at radius 2 is 1.53 bits per heavy atom. The van der Waals surface area contributed by atoms with E-state index >= 15 is 0 Å². The van der Waals surface area contributed by atoms with Gasteiger partial charge < -0.3 is 5.32 Å². The molecule has 2 aromatic carbocycles. The van der Waals surface area contributed by atoms with Crippen LogP contribution in [-0.4, -0.2) is 6.54 Å². The molecular formula is C17H20ClN. The van der Waals surface area contributed by atoms with Crippen LogP contribution in [0.3, 0.4) is 0 Å². The second-order valence-electron chi connectivity index (χ2n) is 4.35. The first kappa shape index (κ1) is 15.5. The van der Waals surface area contributed by atoms with Gasteiger partial charge in [-0.3, -0.25) is 0 Å².